The van der Waals surface area contributed by atoms with Gasteiger partial charge in [-0.1, -0.05) is 0 Å². The average molecular weight is 227 g/mol. The van der Waals surface area contributed by atoms with Crippen molar-refractivity contribution >= 4 is 11.6 Å². The number of ketones is 2. The van der Waals surface area contributed by atoms with Crippen LogP contribution in [-0.4, -0.2) is 18.3 Å². The van der Waals surface area contributed by atoms with Crippen molar-refractivity contribution in [3.05, 3.63) is 23.7 Å². The van der Waals surface area contributed by atoms with Crippen LogP contribution in [0, 0.1) is 0 Å². The lowest BCUT2D eigenvalue weighted by molar-refractivity contribution is -0.113. The summed E-state index contributed by atoms with van der Waals surface area (Å²) in [6.07, 6.45) is 2.73. The van der Waals surface area contributed by atoms with Gasteiger partial charge in [0.1, 0.15) is 5.76 Å². The Bertz CT molecular complexity index is 286. The van der Waals surface area contributed by atoms with Gasteiger partial charge in [0.2, 0.25) is 0 Å². The molecule has 0 spiro atoms. The van der Waals surface area contributed by atoms with Gasteiger partial charge in [-0.2, -0.15) is 0 Å². The van der Waals surface area contributed by atoms with E-state index in [0.29, 0.717) is 11.5 Å². The van der Waals surface area contributed by atoms with Gasteiger partial charge in [0, 0.05) is 12.2 Å². The number of hydrogen-bond acceptors (Lipinski definition) is 5. The van der Waals surface area contributed by atoms with E-state index in [-0.39, 0.29) is 18.3 Å². The van der Waals surface area contributed by atoms with Gasteiger partial charge < -0.3 is 9.57 Å². The number of carbonyl (C=O) groups excluding carboxylic acids is 2. The molecule has 0 aliphatic carbocycles. The minimum atomic E-state index is -0.0899. The molecule has 0 heterocycles. The van der Waals surface area contributed by atoms with Crippen LogP contribution in [0.4, 0.5) is 0 Å². The molecule has 5 heteroatoms. The molecule has 0 aliphatic rings. The predicted octanol–water partition coefficient (Wildman–Crippen LogP) is 1.47. The van der Waals surface area contributed by atoms with Gasteiger partial charge in [-0.05, 0) is 27.7 Å². The molecule has 0 fully saturated rings. The van der Waals surface area contributed by atoms with Crippen LogP contribution in [0.5, 0.6) is 0 Å². The monoisotopic (exact) mass is 227 g/mol. The lowest BCUT2D eigenvalue weighted by Gasteiger charge is -2.08. The molecule has 16 heavy (non-hydrogen) atoms. The van der Waals surface area contributed by atoms with E-state index in [1.165, 1.54) is 26.0 Å². The highest BCUT2D eigenvalue weighted by molar-refractivity contribution is 5.87. The van der Waals surface area contributed by atoms with Gasteiger partial charge in [-0.3, -0.25) is 9.59 Å². The standard InChI is InChI=1S/C11H17NO4/c1-8(13)5-10(3)15-7-12-16-11(4)6-9(2)14/h5-6,12H,7H2,1-4H3/b10-5-,11-6+. The van der Waals surface area contributed by atoms with E-state index in [4.69, 9.17) is 9.57 Å². The zero-order valence-corrected chi connectivity index (χ0v) is 9.99. The molecule has 1 N–H and O–H groups in total. The third-order valence-electron chi connectivity index (χ3n) is 1.40. The number of rotatable bonds is 7. The SMILES string of the molecule is CC(=O)/C=C(/C)OCNO/C(C)=C/C(C)=O. The average Bonchev–Trinajstić information content (AvgIpc) is 2.10. The zero-order valence-electron chi connectivity index (χ0n) is 9.99. The van der Waals surface area contributed by atoms with E-state index in [2.05, 4.69) is 5.48 Å². The molecule has 0 unspecified atom stereocenters. The lowest BCUT2D eigenvalue weighted by Crippen LogP contribution is -2.17. The number of carbonyl (C=O) groups is 2. The summed E-state index contributed by atoms with van der Waals surface area (Å²) >= 11 is 0. The summed E-state index contributed by atoms with van der Waals surface area (Å²) in [5.74, 6) is 0.778. The van der Waals surface area contributed by atoms with Crippen LogP contribution in [0.1, 0.15) is 27.7 Å². The maximum atomic E-state index is 10.7. The Morgan fingerprint density at radius 2 is 1.50 bits per heavy atom. The summed E-state index contributed by atoms with van der Waals surface area (Å²) in [6.45, 7) is 6.28. The fraction of sp³-hybridized carbons (Fsp3) is 0.455. The first-order valence-corrected chi connectivity index (χ1v) is 4.82. The molecule has 5 nitrogen and oxygen atoms in total. The molecule has 0 rings (SSSR count). The van der Waals surface area contributed by atoms with E-state index >= 15 is 0 Å². The van der Waals surface area contributed by atoms with Crippen molar-refractivity contribution in [1.29, 1.82) is 0 Å². The Morgan fingerprint density at radius 1 is 1.00 bits per heavy atom. The van der Waals surface area contributed by atoms with Crippen LogP contribution >= 0.6 is 0 Å². The van der Waals surface area contributed by atoms with Gasteiger partial charge in [0.05, 0.1) is 5.76 Å². The number of ether oxygens (including phenoxy) is 1. The summed E-state index contributed by atoms with van der Waals surface area (Å²) in [5.41, 5.74) is 2.50. The Morgan fingerprint density at radius 3 is 2.00 bits per heavy atom. The first-order chi connectivity index (χ1) is 7.41. The molecule has 0 radical (unpaired) electrons. The van der Waals surface area contributed by atoms with Crippen molar-refractivity contribution in [2.45, 2.75) is 27.7 Å². The van der Waals surface area contributed by atoms with E-state index in [1.807, 2.05) is 0 Å². The van der Waals surface area contributed by atoms with Crippen LogP contribution < -0.4 is 5.48 Å². The van der Waals surface area contributed by atoms with Crippen LogP contribution in [-0.2, 0) is 19.2 Å². The van der Waals surface area contributed by atoms with E-state index in [1.54, 1.807) is 13.8 Å². The highest BCUT2D eigenvalue weighted by Gasteiger charge is 1.95. The van der Waals surface area contributed by atoms with E-state index in [9.17, 15) is 9.59 Å². The quantitative estimate of drug-likeness (QED) is 0.234. The van der Waals surface area contributed by atoms with Crippen molar-refractivity contribution in [3.8, 4) is 0 Å². The molecular formula is C11H17NO4. The Hall–Kier alpha value is -1.62. The van der Waals surface area contributed by atoms with Crippen molar-refractivity contribution in [3.63, 3.8) is 0 Å². The van der Waals surface area contributed by atoms with Gasteiger partial charge in [-0.15, -0.1) is 5.48 Å². The van der Waals surface area contributed by atoms with E-state index < -0.39 is 0 Å². The fourth-order valence-corrected chi connectivity index (χ4v) is 0.930. The summed E-state index contributed by atoms with van der Waals surface area (Å²) in [6, 6.07) is 0. The molecule has 0 aromatic carbocycles. The fourth-order valence-electron chi connectivity index (χ4n) is 0.930. The molecule has 0 aromatic heterocycles. The van der Waals surface area contributed by atoms with Gasteiger partial charge >= 0.3 is 0 Å². The summed E-state index contributed by atoms with van der Waals surface area (Å²) in [4.78, 5) is 26.3. The highest BCUT2D eigenvalue weighted by atomic mass is 16.7. The molecule has 0 aliphatic heterocycles. The normalized spacial score (nSPS) is 12.2. The van der Waals surface area contributed by atoms with Crippen molar-refractivity contribution in [2.24, 2.45) is 0 Å². The summed E-state index contributed by atoms with van der Waals surface area (Å²) in [5, 5.41) is 0. The second kappa shape index (κ2) is 7.64. The number of hydrogen-bond donors (Lipinski definition) is 1. The number of hydroxylamine groups is 1. The first-order valence-electron chi connectivity index (χ1n) is 4.82. The molecule has 0 bridgehead atoms. The molecule has 0 atom stereocenters. The minimum absolute atomic E-state index is 0.0777. The predicted molar refractivity (Wildman–Crippen MR) is 59.0 cm³/mol. The Balaban J connectivity index is 3.77. The molecule has 90 valence electrons. The number of nitrogens with one attached hydrogen (secondary N) is 1. The second-order valence-electron chi connectivity index (χ2n) is 3.27. The van der Waals surface area contributed by atoms with Gasteiger partial charge in [-0.25, -0.2) is 0 Å². The van der Waals surface area contributed by atoms with Crippen molar-refractivity contribution < 1.29 is 19.2 Å². The van der Waals surface area contributed by atoms with Crippen LogP contribution in [0.2, 0.25) is 0 Å². The maximum absolute atomic E-state index is 10.7. The maximum Gasteiger partial charge on any atom is 0.170 e. The van der Waals surface area contributed by atoms with Gasteiger partial charge in [0.15, 0.2) is 18.3 Å². The summed E-state index contributed by atoms with van der Waals surface area (Å²) in [7, 11) is 0. The van der Waals surface area contributed by atoms with Crippen LogP contribution in [0.25, 0.3) is 0 Å². The molecular weight excluding hydrogens is 210 g/mol. The third-order valence-corrected chi connectivity index (χ3v) is 1.40. The van der Waals surface area contributed by atoms with Crippen molar-refractivity contribution in [2.75, 3.05) is 6.73 Å². The van der Waals surface area contributed by atoms with Crippen LogP contribution in [0.15, 0.2) is 23.7 Å². The van der Waals surface area contributed by atoms with Gasteiger partial charge in [0.25, 0.3) is 0 Å². The Kier molecular flexibility index (Phi) is 6.87. The molecule has 0 aromatic rings. The third kappa shape index (κ3) is 8.96. The summed E-state index contributed by atoms with van der Waals surface area (Å²) < 4.78 is 5.10. The minimum Gasteiger partial charge on any atom is -0.480 e. The molecule has 0 amide bonds. The first kappa shape index (κ1) is 14.4. The van der Waals surface area contributed by atoms with E-state index in [0.717, 1.165) is 0 Å². The largest absolute Gasteiger partial charge is 0.480 e. The lowest BCUT2D eigenvalue weighted by atomic mass is 10.4. The topological polar surface area (TPSA) is 64.6 Å². The van der Waals surface area contributed by atoms with Crippen LogP contribution in [0.3, 0.4) is 0 Å². The highest BCUT2D eigenvalue weighted by Crippen LogP contribution is 1.96. The Labute approximate surface area is 95.1 Å². The smallest absolute Gasteiger partial charge is 0.170 e. The molecule has 0 saturated carbocycles. The zero-order chi connectivity index (χ0) is 12.6. The van der Waals surface area contributed by atoms with Crippen molar-refractivity contribution in [1.82, 2.24) is 5.48 Å². The second-order valence-corrected chi connectivity index (χ2v) is 3.27. The molecule has 0 saturated heterocycles. The number of allylic oxidation sites excluding steroid dienone is 4.